The van der Waals surface area contributed by atoms with Gasteiger partial charge in [0.15, 0.2) is 0 Å². The van der Waals surface area contributed by atoms with Gasteiger partial charge in [-0.2, -0.15) is 5.10 Å². The molecular weight excluding hydrogens is 296 g/mol. The first-order valence-electron chi connectivity index (χ1n) is 3.93. The van der Waals surface area contributed by atoms with Crippen LogP contribution in [0.1, 0.15) is 0 Å². The number of anilines is 1. The third-order valence-corrected chi connectivity index (χ3v) is 2.89. The Morgan fingerprint density at radius 3 is 2.43 bits per heavy atom. The molecule has 0 spiro atoms. The summed E-state index contributed by atoms with van der Waals surface area (Å²) in [5, 5.41) is 4.08. The van der Waals surface area contributed by atoms with Crippen molar-refractivity contribution in [2.45, 2.75) is 0 Å². The Morgan fingerprint density at radius 2 is 1.93 bits per heavy atom. The summed E-state index contributed by atoms with van der Waals surface area (Å²) in [5.74, 6) is -0.260. The fraction of sp³-hybridized carbons (Fsp3) is 0. The minimum atomic E-state index is -0.260. The fourth-order valence-corrected chi connectivity index (χ4v) is 1.65. The summed E-state index contributed by atoms with van der Waals surface area (Å²) in [6.45, 7) is 0. The summed E-state index contributed by atoms with van der Waals surface area (Å²) in [5.41, 5.74) is 7.06. The first-order chi connectivity index (χ1) is 6.68. The molecule has 5 heteroatoms. The number of nitrogen functional groups attached to an aromatic ring is 1. The summed E-state index contributed by atoms with van der Waals surface area (Å²) >= 11 is 2.09. The van der Waals surface area contributed by atoms with E-state index in [0.29, 0.717) is 5.69 Å². The van der Waals surface area contributed by atoms with Crippen LogP contribution in [-0.4, -0.2) is 9.78 Å². The third-order valence-electron chi connectivity index (χ3n) is 1.81. The molecule has 0 amide bonds. The molecule has 1 aromatic heterocycles. The van der Waals surface area contributed by atoms with E-state index in [1.54, 1.807) is 23.0 Å². The lowest BCUT2D eigenvalue weighted by molar-refractivity contribution is 0.627. The lowest BCUT2D eigenvalue weighted by Gasteiger charge is -2.02. The molecule has 0 saturated heterocycles. The van der Waals surface area contributed by atoms with E-state index < -0.39 is 0 Å². The Labute approximate surface area is 93.9 Å². The van der Waals surface area contributed by atoms with Crippen LogP contribution in [0, 0.1) is 9.52 Å². The highest BCUT2D eigenvalue weighted by molar-refractivity contribution is 14.1. The highest BCUT2D eigenvalue weighted by Crippen LogP contribution is 2.18. The lowest BCUT2D eigenvalue weighted by Crippen LogP contribution is -1.99. The zero-order chi connectivity index (χ0) is 10.1. The lowest BCUT2D eigenvalue weighted by atomic mass is 10.3. The molecule has 1 heterocycles. The van der Waals surface area contributed by atoms with Crippen molar-refractivity contribution >= 4 is 28.3 Å². The van der Waals surface area contributed by atoms with Crippen LogP contribution >= 0.6 is 22.6 Å². The number of nitrogens with two attached hydrogens (primary N) is 1. The van der Waals surface area contributed by atoms with Crippen LogP contribution in [0.5, 0.6) is 0 Å². The summed E-state index contributed by atoms with van der Waals surface area (Å²) in [6.07, 6.45) is 1.57. The molecule has 14 heavy (non-hydrogen) atoms. The van der Waals surface area contributed by atoms with Crippen molar-refractivity contribution in [3.8, 4) is 5.69 Å². The predicted molar refractivity (Wildman–Crippen MR) is 60.7 cm³/mol. The van der Waals surface area contributed by atoms with Crippen LogP contribution < -0.4 is 5.73 Å². The smallest absolute Gasteiger partial charge is 0.128 e. The molecule has 0 fully saturated rings. The van der Waals surface area contributed by atoms with Gasteiger partial charge in [0.25, 0.3) is 0 Å². The number of aromatic nitrogens is 2. The third kappa shape index (κ3) is 1.59. The quantitative estimate of drug-likeness (QED) is 0.821. The highest BCUT2D eigenvalue weighted by Gasteiger charge is 2.05. The molecule has 0 aliphatic heterocycles. The normalized spacial score (nSPS) is 10.4. The average Bonchev–Trinajstić information content (AvgIpc) is 2.50. The molecule has 2 aromatic rings. The van der Waals surface area contributed by atoms with Gasteiger partial charge >= 0.3 is 0 Å². The number of benzene rings is 1. The van der Waals surface area contributed by atoms with Crippen LogP contribution in [-0.2, 0) is 0 Å². The highest BCUT2D eigenvalue weighted by atomic mass is 127. The number of halogens is 2. The largest absolute Gasteiger partial charge is 0.395 e. The second-order valence-corrected chi connectivity index (χ2v) is 3.80. The topological polar surface area (TPSA) is 43.8 Å². The first-order valence-corrected chi connectivity index (χ1v) is 5.01. The Hall–Kier alpha value is -1.11. The van der Waals surface area contributed by atoms with Crippen molar-refractivity contribution in [1.29, 1.82) is 0 Å². The van der Waals surface area contributed by atoms with Gasteiger partial charge in [-0.3, -0.25) is 0 Å². The van der Waals surface area contributed by atoms with Crippen LogP contribution in [0.15, 0.2) is 30.5 Å². The van der Waals surface area contributed by atoms with Gasteiger partial charge < -0.3 is 5.73 Å². The van der Waals surface area contributed by atoms with Crippen molar-refractivity contribution in [1.82, 2.24) is 9.78 Å². The van der Waals surface area contributed by atoms with Gasteiger partial charge in [-0.05, 0) is 46.9 Å². The summed E-state index contributed by atoms with van der Waals surface area (Å²) in [6, 6.07) is 6.10. The summed E-state index contributed by atoms with van der Waals surface area (Å²) in [7, 11) is 0. The standard InChI is InChI=1S/C9H7FIN3/c10-6-1-3-7(4-2-6)14-9(11)8(12)5-13-14/h1-5H,12H2. The molecule has 72 valence electrons. The molecule has 0 aliphatic carbocycles. The van der Waals surface area contributed by atoms with Crippen molar-refractivity contribution < 1.29 is 4.39 Å². The summed E-state index contributed by atoms with van der Waals surface area (Å²) in [4.78, 5) is 0. The SMILES string of the molecule is Nc1cnn(-c2ccc(F)cc2)c1I. The van der Waals surface area contributed by atoms with E-state index in [-0.39, 0.29) is 5.82 Å². The van der Waals surface area contributed by atoms with Crippen molar-refractivity contribution in [2.75, 3.05) is 5.73 Å². The van der Waals surface area contributed by atoms with E-state index in [4.69, 9.17) is 5.73 Å². The Balaban J connectivity index is 2.49. The van der Waals surface area contributed by atoms with E-state index >= 15 is 0 Å². The van der Waals surface area contributed by atoms with Gasteiger partial charge in [0.2, 0.25) is 0 Å². The number of hydrogen-bond acceptors (Lipinski definition) is 2. The maximum absolute atomic E-state index is 12.7. The van der Waals surface area contributed by atoms with Crippen LogP contribution in [0.4, 0.5) is 10.1 Å². The first kappa shape index (κ1) is 9.45. The Morgan fingerprint density at radius 1 is 1.29 bits per heavy atom. The molecule has 0 saturated carbocycles. The van der Waals surface area contributed by atoms with Crippen LogP contribution in [0.25, 0.3) is 5.69 Å². The number of nitrogens with zero attached hydrogens (tertiary/aromatic N) is 2. The van der Waals surface area contributed by atoms with Gasteiger partial charge in [-0.25, -0.2) is 9.07 Å². The maximum Gasteiger partial charge on any atom is 0.128 e. The molecule has 0 aliphatic rings. The zero-order valence-electron chi connectivity index (χ0n) is 7.11. The second kappa shape index (κ2) is 3.56. The van der Waals surface area contributed by atoms with Crippen molar-refractivity contribution in [3.63, 3.8) is 0 Å². The zero-order valence-corrected chi connectivity index (χ0v) is 9.27. The summed E-state index contributed by atoms with van der Waals surface area (Å²) < 4.78 is 15.1. The molecule has 2 N–H and O–H groups in total. The van der Waals surface area contributed by atoms with E-state index in [9.17, 15) is 4.39 Å². The van der Waals surface area contributed by atoms with Gasteiger partial charge in [0.05, 0.1) is 17.6 Å². The second-order valence-electron chi connectivity index (χ2n) is 2.78. The van der Waals surface area contributed by atoms with Crippen LogP contribution in [0.3, 0.4) is 0 Å². The molecule has 0 radical (unpaired) electrons. The van der Waals surface area contributed by atoms with E-state index in [1.807, 2.05) is 0 Å². The van der Waals surface area contributed by atoms with Crippen molar-refractivity contribution in [3.05, 3.63) is 40.0 Å². The van der Waals surface area contributed by atoms with E-state index in [1.165, 1.54) is 12.1 Å². The Bertz CT molecular complexity index is 450. The van der Waals surface area contributed by atoms with Gasteiger partial charge in [0.1, 0.15) is 9.52 Å². The molecular formula is C9H7FIN3. The van der Waals surface area contributed by atoms with Gasteiger partial charge in [-0.15, -0.1) is 0 Å². The van der Waals surface area contributed by atoms with Crippen LogP contribution in [0.2, 0.25) is 0 Å². The molecule has 3 nitrogen and oxygen atoms in total. The Kier molecular flexibility index (Phi) is 2.40. The number of rotatable bonds is 1. The molecule has 0 atom stereocenters. The maximum atomic E-state index is 12.7. The monoisotopic (exact) mass is 303 g/mol. The minimum Gasteiger partial charge on any atom is -0.395 e. The minimum absolute atomic E-state index is 0.260. The van der Waals surface area contributed by atoms with Crippen molar-refractivity contribution in [2.24, 2.45) is 0 Å². The molecule has 0 bridgehead atoms. The van der Waals surface area contributed by atoms with Gasteiger partial charge in [-0.1, -0.05) is 0 Å². The average molecular weight is 303 g/mol. The van der Waals surface area contributed by atoms with Gasteiger partial charge in [0, 0.05) is 0 Å². The predicted octanol–water partition coefficient (Wildman–Crippen LogP) is 2.20. The van der Waals surface area contributed by atoms with E-state index in [2.05, 4.69) is 27.7 Å². The fourth-order valence-electron chi connectivity index (χ4n) is 1.11. The molecule has 1 aromatic carbocycles. The molecule has 0 unspecified atom stereocenters. The number of hydrogen-bond donors (Lipinski definition) is 1. The molecule has 2 rings (SSSR count). The van der Waals surface area contributed by atoms with E-state index in [0.717, 1.165) is 9.39 Å².